The number of nitrogens with one attached hydrogen (secondary N) is 1. The lowest BCUT2D eigenvalue weighted by atomic mass is 10.1. The Balaban J connectivity index is 1.75. The molecule has 2 rings (SSSR count). The van der Waals surface area contributed by atoms with Crippen molar-refractivity contribution in [1.82, 2.24) is 15.1 Å². The lowest BCUT2D eigenvalue weighted by molar-refractivity contribution is 0.145. The van der Waals surface area contributed by atoms with Gasteiger partial charge in [-0.25, -0.2) is 4.79 Å². The smallest absolute Gasteiger partial charge is 0.317 e. The van der Waals surface area contributed by atoms with Crippen LogP contribution in [0, 0.1) is 0 Å². The minimum absolute atomic E-state index is 0.0525. The first-order valence-electron chi connectivity index (χ1n) is 7.61. The number of carbonyl (C=O) groups excluding carboxylic acids is 1. The highest BCUT2D eigenvalue weighted by atomic mass is 16.2. The Hall–Kier alpha value is -1.81. The highest BCUT2D eigenvalue weighted by Gasteiger charge is 2.21. The van der Waals surface area contributed by atoms with Crippen molar-refractivity contribution in [2.75, 3.05) is 32.7 Å². The molecule has 1 aliphatic rings. The average Bonchev–Trinajstić information content (AvgIpc) is 2.49. The molecule has 1 fully saturated rings. The van der Waals surface area contributed by atoms with Gasteiger partial charge < -0.3 is 10.2 Å². The van der Waals surface area contributed by atoms with Crippen molar-refractivity contribution in [1.29, 1.82) is 0 Å². The van der Waals surface area contributed by atoms with E-state index in [0.29, 0.717) is 0 Å². The molecular weight excluding hydrogens is 262 g/mol. The molecule has 1 aliphatic heterocycles. The van der Waals surface area contributed by atoms with Crippen LogP contribution >= 0.6 is 0 Å². The van der Waals surface area contributed by atoms with Gasteiger partial charge in [-0.1, -0.05) is 36.4 Å². The number of amides is 2. The molecule has 1 heterocycles. The van der Waals surface area contributed by atoms with E-state index in [0.717, 1.165) is 39.1 Å². The van der Waals surface area contributed by atoms with E-state index < -0.39 is 0 Å². The van der Waals surface area contributed by atoms with E-state index in [1.54, 1.807) is 0 Å². The number of hydrogen-bond donors (Lipinski definition) is 1. The Labute approximate surface area is 127 Å². The van der Waals surface area contributed by atoms with Gasteiger partial charge in [0.25, 0.3) is 0 Å². The van der Waals surface area contributed by atoms with Gasteiger partial charge in [0.05, 0.1) is 0 Å². The summed E-state index contributed by atoms with van der Waals surface area (Å²) in [5, 5.41) is 3.09. The number of hydrogen-bond acceptors (Lipinski definition) is 2. The fourth-order valence-electron chi connectivity index (χ4n) is 2.64. The number of benzene rings is 1. The summed E-state index contributed by atoms with van der Waals surface area (Å²) >= 11 is 0. The highest BCUT2D eigenvalue weighted by Crippen LogP contribution is 2.05. The minimum atomic E-state index is 0.0525. The summed E-state index contributed by atoms with van der Waals surface area (Å²) in [4.78, 5) is 16.5. The van der Waals surface area contributed by atoms with Crippen LogP contribution in [-0.4, -0.2) is 54.6 Å². The lowest BCUT2D eigenvalue weighted by Crippen LogP contribution is -2.53. The molecule has 1 atom stereocenters. The Morgan fingerprint density at radius 3 is 2.57 bits per heavy atom. The monoisotopic (exact) mass is 287 g/mol. The van der Waals surface area contributed by atoms with Crippen molar-refractivity contribution in [3.8, 4) is 0 Å². The molecule has 0 spiro atoms. The van der Waals surface area contributed by atoms with E-state index in [1.165, 1.54) is 5.56 Å². The number of rotatable bonds is 5. The van der Waals surface area contributed by atoms with Crippen LogP contribution in [0.3, 0.4) is 0 Å². The molecule has 0 aromatic heterocycles. The van der Waals surface area contributed by atoms with Crippen molar-refractivity contribution < 1.29 is 4.79 Å². The molecule has 21 heavy (non-hydrogen) atoms. The number of nitrogens with zero attached hydrogens (tertiary/aromatic N) is 2. The third-order valence-electron chi connectivity index (χ3n) is 3.80. The largest absolute Gasteiger partial charge is 0.335 e. The predicted octanol–water partition coefficient (Wildman–Crippen LogP) is 2.13. The second-order valence-electron chi connectivity index (χ2n) is 5.62. The van der Waals surface area contributed by atoms with E-state index in [2.05, 4.69) is 35.9 Å². The molecule has 114 valence electrons. The summed E-state index contributed by atoms with van der Waals surface area (Å²) in [5.74, 6) is 0. The summed E-state index contributed by atoms with van der Waals surface area (Å²) in [6.45, 7) is 10.1. The highest BCUT2D eigenvalue weighted by molar-refractivity contribution is 5.74. The Morgan fingerprint density at radius 1 is 1.29 bits per heavy atom. The fraction of sp³-hybridized carbons (Fsp3) is 0.471. The zero-order valence-electron chi connectivity index (χ0n) is 12.8. The van der Waals surface area contributed by atoms with Gasteiger partial charge in [0.2, 0.25) is 0 Å². The molecule has 0 saturated carbocycles. The Kier molecular flexibility index (Phi) is 5.81. The Bertz CT molecular complexity index is 452. The van der Waals surface area contributed by atoms with Gasteiger partial charge in [-0.2, -0.15) is 0 Å². The zero-order chi connectivity index (χ0) is 15.1. The minimum Gasteiger partial charge on any atom is -0.335 e. The molecule has 0 aliphatic carbocycles. The molecule has 1 aromatic rings. The van der Waals surface area contributed by atoms with Gasteiger partial charge in [-0.3, -0.25) is 4.90 Å². The van der Waals surface area contributed by atoms with Gasteiger partial charge in [0, 0.05) is 38.8 Å². The van der Waals surface area contributed by atoms with Crippen LogP contribution in [0.2, 0.25) is 0 Å². The van der Waals surface area contributed by atoms with E-state index in [-0.39, 0.29) is 12.1 Å². The first-order chi connectivity index (χ1) is 10.2. The molecule has 1 aromatic carbocycles. The summed E-state index contributed by atoms with van der Waals surface area (Å²) in [5.41, 5.74) is 1.25. The van der Waals surface area contributed by atoms with Crippen LogP contribution in [0.1, 0.15) is 12.5 Å². The van der Waals surface area contributed by atoms with E-state index in [9.17, 15) is 4.79 Å². The number of carbonyl (C=O) groups is 1. The third kappa shape index (κ3) is 4.90. The molecule has 0 unspecified atom stereocenters. The topological polar surface area (TPSA) is 35.6 Å². The zero-order valence-corrected chi connectivity index (χ0v) is 12.8. The van der Waals surface area contributed by atoms with E-state index >= 15 is 0 Å². The second kappa shape index (κ2) is 7.84. The third-order valence-corrected chi connectivity index (χ3v) is 3.80. The molecular formula is C17H25N3O. The summed E-state index contributed by atoms with van der Waals surface area (Å²) < 4.78 is 0. The van der Waals surface area contributed by atoms with Crippen LogP contribution in [0.5, 0.6) is 0 Å². The number of piperazine rings is 1. The van der Waals surface area contributed by atoms with E-state index in [4.69, 9.17) is 0 Å². The Morgan fingerprint density at radius 2 is 1.95 bits per heavy atom. The molecule has 0 bridgehead atoms. The van der Waals surface area contributed by atoms with Crippen molar-refractivity contribution in [2.45, 2.75) is 19.4 Å². The quantitative estimate of drug-likeness (QED) is 0.842. The van der Waals surface area contributed by atoms with Gasteiger partial charge in [0.1, 0.15) is 0 Å². The fourth-order valence-corrected chi connectivity index (χ4v) is 2.64. The lowest BCUT2D eigenvalue weighted by Gasteiger charge is -2.34. The maximum atomic E-state index is 12.2. The molecule has 2 amide bonds. The first kappa shape index (κ1) is 15.6. The van der Waals surface area contributed by atoms with Crippen molar-refractivity contribution >= 4 is 6.03 Å². The van der Waals surface area contributed by atoms with Crippen LogP contribution in [0.25, 0.3) is 0 Å². The predicted molar refractivity (Wildman–Crippen MR) is 86.3 cm³/mol. The number of urea groups is 1. The van der Waals surface area contributed by atoms with Crippen LogP contribution in [-0.2, 0) is 6.42 Å². The maximum absolute atomic E-state index is 12.2. The van der Waals surface area contributed by atoms with Gasteiger partial charge >= 0.3 is 6.03 Å². The molecule has 0 radical (unpaired) electrons. The normalized spacial score (nSPS) is 17.3. The van der Waals surface area contributed by atoms with Crippen molar-refractivity contribution in [3.63, 3.8) is 0 Å². The van der Waals surface area contributed by atoms with Crippen LogP contribution < -0.4 is 5.32 Å². The SMILES string of the molecule is C=CCN1CCN(C(=O)N[C@@H](C)Cc2ccccc2)CC1. The average molecular weight is 287 g/mol. The van der Waals surface area contributed by atoms with Gasteiger partial charge in [-0.05, 0) is 18.9 Å². The summed E-state index contributed by atoms with van der Waals surface area (Å²) in [7, 11) is 0. The maximum Gasteiger partial charge on any atom is 0.317 e. The standard InChI is InChI=1S/C17H25N3O/c1-3-9-19-10-12-20(13-11-19)17(21)18-15(2)14-16-7-5-4-6-8-16/h3-8,15H,1,9-14H2,2H3,(H,18,21)/t15-/m0/s1. The van der Waals surface area contributed by atoms with E-state index in [1.807, 2.05) is 29.2 Å². The molecule has 4 nitrogen and oxygen atoms in total. The van der Waals surface area contributed by atoms with Crippen LogP contribution in [0.15, 0.2) is 43.0 Å². The summed E-state index contributed by atoms with van der Waals surface area (Å²) in [6.07, 6.45) is 2.78. The van der Waals surface area contributed by atoms with Crippen molar-refractivity contribution in [3.05, 3.63) is 48.6 Å². The van der Waals surface area contributed by atoms with Crippen molar-refractivity contribution in [2.24, 2.45) is 0 Å². The van der Waals surface area contributed by atoms with Crippen LogP contribution in [0.4, 0.5) is 4.79 Å². The van der Waals surface area contributed by atoms with Gasteiger partial charge in [-0.15, -0.1) is 6.58 Å². The molecule has 1 N–H and O–H groups in total. The first-order valence-corrected chi connectivity index (χ1v) is 7.61. The summed E-state index contributed by atoms with van der Waals surface area (Å²) in [6, 6.07) is 10.5. The second-order valence-corrected chi connectivity index (χ2v) is 5.62. The van der Waals surface area contributed by atoms with Gasteiger partial charge in [0.15, 0.2) is 0 Å². The molecule has 4 heteroatoms. The molecule has 1 saturated heterocycles.